The minimum atomic E-state index is -0.449. The van der Waals surface area contributed by atoms with Gasteiger partial charge in [0.2, 0.25) is 0 Å². The zero-order chi connectivity index (χ0) is 17.1. The van der Waals surface area contributed by atoms with Crippen molar-refractivity contribution in [3.05, 3.63) is 82.3 Å². The van der Waals surface area contributed by atoms with E-state index in [0.29, 0.717) is 16.6 Å². The van der Waals surface area contributed by atoms with Crippen molar-refractivity contribution in [2.75, 3.05) is 11.9 Å². The molecular formula is C18H15BrFN3O. The molecule has 0 aliphatic rings. The summed E-state index contributed by atoms with van der Waals surface area (Å²) in [5, 5.41) is 4.15. The Morgan fingerprint density at radius 3 is 2.62 bits per heavy atom. The first-order chi connectivity index (χ1) is 11.5. The Kier molecular flexibility index (Phi) is 4.76. The summed E-state index contributed by atoms with van der Waals surface area (Å²) >= 11 is 3.21. The zero-order valence-corrected chi connectivity index (χ0v) is 14.6. The maximum absolute atomic E-state index is 14.0. The molecule has 24 heavy (non-hydrogen) atoms. The summed E-state index contributed by atoms with van der Waals surface area (Å²) in [6.45, 7) is 0.638. The van der Waals surface area contributed by atoms with Crippen molar-refractivity contribution in [2.24, 2.45) is 0 Å². The largest absolute Gasteiger partial charge is 0.309 e. The van der Waals surface area contributed by atoms with Crippen molar-refractivity contribution >= 4 is 27.5 Å². The smallest absolute Gasteiger partial charge is 0.258 e. The van der Waals surface area contributed by atoms with Crippen LogP contribution >= 0.6 is 15.9 Å². The Balaban J connectivity index is 1.76. The van der Waals surface area contributed by atoms with Crippen LogP contribution in [-0.2, 0) is 6.54 Å². The van der Waals surface area contributed by atoms with Crippen molar-refractivity contribution in [1.29, 1.82) is 0 Å². The van der Waals surface area contributed by atoms with Crippen molar-refractivity contribution in [3.8, 4) is 0 Å². The van der Waals surface area contributed by atoms with E-state index in [1.54, 1.807) is 42.2 Å². The second-order valence-electron chi connectivity index (χ2n) is 5.36. The van der Waals surface area contributed by atoms with Crippen LogP contribution in [0.3, 0.4) is 0 Å². The molecule has 0 saturated heterocycles. The van der Waals surface area contributed by atoms with Crippen LogP contribution in [0.4, 0.5) is 10.1 Å². The van der Waals surface area contributed by atoms with Gasteiger partial charge in [-0.3, -0.25) is 9.48 Å². The quantitative estimate of drug-likeness (QED) is 0.675. The molecule has 0 saturated carbocycles. The fourth-order valence-corrected chi connectivity index (χ4v) is 2.72. The number of nitrogens with zero attached hydrogens (tertiary/aromatic N) is 3. The van der Waals surface area contributed by atoms with Crippen molar-refractivity contribution in [3.63, 3.8) is 0 Å². The van der Waals surface area contributed by atoms with E-state index in [4.69, 9.17) is 0 Å². The standard InChI is InChI=1S/C18H15BrFN3O/c1-22(17-8-7-15(19)11-16(17)20)18(24)14-5-3-13(4-6-14)12-23-10-2-9-21-23/h2-11H,12H2,1H3. The molecular weight excluding hydrogens is 373 g/mol. The first-order valence-corrected chi connectivity index (χ1v) is 8.13. The van der Waals surface area contributed by atoms with Crippen LogP contribution in [0.25, 0.3) is 0 Å². The van der Waals surface area contributed by atoms with Gasteiger partial charge in [0.05, 0.1) is 12.2 Å². The van der Waals surface area contributed by atoms with Crippen LogP contribution in [0, 0.1) is 5.82 Å². The average molecular weight is 388 g/mol. The second kappa shape index (κ2) is 6.97. The van der Waals surface area contributed by atoms with Gasteiger partial charge < -0.3 is 4.90 Å². The molecule has 3 aromatic rings. The summed E-state index contributed by atoms with van der Waals surface area (Å²) in [5.41, 5.74) is 1.78. The topological polar surface area (TPSA) is 38.1 Å². The summed E-state index contributed by atoms with van der Waals surface area (Å²) in [4.78, 5) is 13.9. The van der Waals surface area contributed by atoms with Gasteiger partial charge in [-0.2, -0.15) is 5.10 Å². The number of hydrogen-bond acceptors (Lipinski definition) is 2. The molecule has 2 aromatic carbocycles. The summed E-state index contributed by atoms with van der Waals surface area (Å²) in [6, 6.07) is 13.7. The lowest BCUT2D eigenvalue weighted by Gasteiger charge is -2.18. The SMILES string of the molecule is CN(C(=O)c1ccc(Cn2cccn2)cc1)c1ccc(Br)cc1F. The van der Waals surface area contributed by atoms with Gasteiger partial charge in [-0.25, -0.2) is 4.39 Å². The van der Waals surface area contributed by atoms with Gasteiger partial charge in [0.25, 0.3) is 5.91 Å². The van der Waals surface area contributed by atoms with E-state index < -0.39 is 5.82 Å². The van der Waals surface area contributed by atoms with Crippen LogP contribution in [0.2, 0.25) is 0 Å². The number of aromatic nitrogens is 2. The van der Waals surface area contributed by atoms with Gasteiger partial charge in [0.15, 0.2) is 0 Å². The lowest BCUT2D eigenvalue weighted by Crippen LogP contribution is -2.27. The number of rotatable bonds is 4. The molecule has 0 bridgehead atoms. The molecule has 4 nitrogen and oxygen atoms in total. The highest BCUT2D eigenvalue weighted by Gasteiger charge is 2.16. The normalized spacial score (nSPS) is 10.6. The van der Waals surface area contributed by atoms with E-state index in [1.807, 2.05) is 24.4 Å². The van der Waals surface area contributed by atoms with Crippen molar-refractivity contribution in [1.82, 2.24) is 9.78 Å². The first kappa shape index (κ1) is 16.4. The van der Waals surface area contributed by atoms with Gasteiger partial charge in [-0.1, -0.05) is 28.1 Å². The fraction of sp³-hybridized carbons (Fsp3) is 0.111. The predicted molar refractivity (Wildman–Crippen MR) is 94.6 cm³/mol. The summed E-state index contributed by atoms with van der Waals surface area (Å²) in [6.07, 6.45) is 3.60. The third kappa shape index (κ3) is 3.54. The Hall–Kier alpha value is -2.47. The number of anilines is 1. The predicted octanol–water partition coefficient (Wildman–Crippen LogP) is 4.11. The monoisotopic (exact) mass is 387 g/mol. The van der Waals surface area contributed by atoms with Crippen molar-refractivity contribution < 1.29 is 9.18 Å². The molecule has 0 aliphatic heterocycles. The Bertz CT molecular complexity index is 847. The molecule has 0 N–H and O–H groups in total. The number of carbonyl (C=O) groups is 1. The van der Waals surface area contributed by atoms with E-state index in [0.717, 1.165) is 5.56 Å². The third-order valence-electron chi connectivity index (χ3n) is 3.68. The second-order valence-corrected chi connectivity index (χ2v) is 6.28. The van der Waals surface area contributed by atoms with Gasteiger partial charge in [0, 0.05) is 29.5 Å². The lowest BCUT2D eigenvalue weighted by atomic mass is 10.1. The molecule has 3 rings (SSSR count). The minimum absolute atomic E-state index is 0.240. The Morgan fingerprint density at radius 1 is 1.25 bits per heavy atom. The van der Waals surface area contributed by atoms with Crippen molar-refractivity contribution in [2.45, 2.75) is 6.54 Å². The third-order valence-corrected chi connectivity index (χ3v) is 4.17. The molecule has 0 atom stereocenters. The maximum Gasteiger partial charge on any atom is 0.258 e. The molecule has 6 heteroatoms. The lowest BCUT2D eigenvalue weighted by molar-refractivity contribution is 0.0992. The van der Waals surface area contributed by atoms with E-state index in [-0.39, 0.29) is 11.6 Å². The van der Waals surface area contributed by atoms with Gasteiger partial charge in [-0.05, 0) is 42.0 Å². The van der Waals surface area contributed by atoms with Crippen LogP contribution in [0.5, 0.6) is 0 Å². The number of hydrogen-bond donors (Lipinski definition) is 0. The fourth-order valence-electron chi connectivity index (χ4n) is 2.39. The number of carbonyl (C=O) groups excluding carboxylic acids is 1. The van der Waals surface area contributed by atoms with E-state index in [2.05, 4.69) is 21.0 Å². The highest BCUT2D eigenvalue weighted by molar-refractivity contribution is 9.10. The minimum Gasteiger partial charge on any atom is -0.309 e. The number of halogens is 2. The molecule has 0 radical (unpaired) electrons. The highest BCUT2D eigenvalue weighted by atomic mass is 79.9. The number of amides is 1. The molecule has 122 valence electrons. The van der Waals surface area contributed by atoms with Gasteiger partial charge >= 0.3 is 0 Å². The molecule has 0 unspecified atom stereocenters. The van der Waals surface area contributed by atoms with Crippen LogP contribution < -0.4 is 4.90 Å². The molecule has 1 amide bonds. The average Bonchev–Trinajstić information content (AvgIpc) is 3.07. The first-order valence-electron chi connectivity index (χ1n) is 7.34. The van der Waals surface area contributed by atoms with Crippen LogP contribution in [-0.4, -0.2) is 22.7 Å². The maximum atomic E-state index is 14.0. The molecule has 1 aromatic heterocycles. The van der Waals surface area contributed by atoms with Gasteiger partial charge in [-0.15, -0.1) is 0 Å². The van der Waals surface area contributed by atoms with Gasteiger partial charge in [0.1, 0.15) is 5.82 Å². The zero-order valence-electron chi connectivity index (χ0n) is 13.0. The van der Waals surface area contributed by atoms with E-state index >= 15 is 0 Å². The highest BCUT2D eigenvalue weighted by Crippen LogP contribution is 2.23. The summed E-state index contributed by atoms with van der Waals surface area (Å²) in [5.74, 6) is -0.711. The summed E-state index contributed by atoms with van der Waals surface area (Å²) in [7, 11) is 1.56. The summed E-state index contributed by atoms with van der Waals surface area (Å²) < 4.78 is 16.5. The molecule has 0 aliphatic carbocycles. The molecule has 0 spiro atoms. The Morgan fingerprint density at radius 2 is 2.00 bits per heavy atom. The molecule has 0 fully saturated rings. The molecule has 1 heterocycles. The van der Waals surface area contributed by atoms with E-state index in [1.165, 1.54) is 11.0 Å². The van der Waals surface area contributed by atoms with E-state index in [9.17, 15) is 9.18 Å². The Labute approximate surface area is 147 Å². The van der Waals surface area contributed by atoms with Crippen LogP contribution in [0.1, 0.15) is 15.9 Å². The van der Waals surface area contributed by atoms with Crippen LogP contribution in [0.15, 0.2) is 65.4 Å². The number of benzene rings is 2.